The van der Waals surface area contributed by atoms with E-state index >= 15 is 0 Å². The highest BCUT2D eigenvalue weighted by Crippen LogP contribution is 1.89. The number of rotatable bonds is 5. The molecule has 8 heteroatoms. The van der Waals surface area contributed by atoms with Crippen LogP contribution >= 0.6 is 0 Å². The third-order valence-electron chi connectivity index (χ3n) is 1.19. The molecular weight excluding hydrogens is 222 g/mol. The molecule has 0 aromatic carbocycles. The van der Waals surface area contributed by atoms with E-state index in [0.717, 1.165) is 0 Å². The number of ketones is 1. The summed E-state index contributed by atoms with van der Waals surface area (Å²) in [5.74, 6) is -4.78. The fourth-order valence-corrected chi connectivity index (χ4v) is 0.327. The van der Waals surface area contributed by atoms with Gasteiger partial charge in [0.25, 0.3) is 0 Å². The first-order valence-corrected chi connectivity index (χ1v) is 4.14. The molecule has 0 bridgehead atoms. The van der Waals surface area contributed by atoms with Gasteiger partial charge in [-0.05, 0) is 6.92 Å². The minimum Gasteiger partial charge on any atom is -0.481 e. The summed E-state index contributed by atoms with van der Waals surface area (Å²) < 4.78 is 0. The maximum absolute atomic E-state index is 10.2. The van der Waals surface area contributed by atoms with Crippen molar-refractivity contribution in [3.05, 3.63) is 0 Å². The number of carboxylic acids is 3. The Labute approximate surface area is 90.7 Å². The van der Waals surface area contributed by atoms with E-state index in [1.807, 2.05) is 0 Å². The van der Waals surface area contributed by atoms with E-state index in [4.69, 9.17) is 21.1 Å². The van der Waals surface area contributed by atoms with Crippen LogP contribution in [-0.4, -0.2) is 45.1 Å². The predicted octanol–water partition coefficient (Wildman–Crippen LogP) is -1.08. The lowest BCUT2D eigenvalue weighted by atomic mass is 10.2. The van der Waals surface area contributed by atoms with Gasteiger partial charge in [0.2, 0.25) is 5.78 Å². The molecule has 92 valence electrons. The number of carbonyl (C=O) groups is 4. The van der Waals surface area contributed by atoms with E-state index in [-0.39, 0.29) is 0 Å². The first-order chi connectivity index (χ1) is 7.18. The molecule has 0 aliphatic heterocycles. The molecule has 5 N–H and O–H groups in total. The van der Waals surface area contributed by atoms with Crippen molar-refractivity contribution in [3.8, 4) is 0 Å². The Bertz CT molecular complexity index is 284. The second-order valence-corrected chi connectivity index (χ2v) is 2.75. The van der Waals surface area contributed by atoms with Crippen molar-refractivity contribution in [1.29, 1.82) is 0 Å². The predicted molar refractivity (Wildman–Crippen MR) is 50.8 cm³/mol. The van der Waals surface area contributed by atoms with Crippen molar-refractivity contribution in [2.75, 3.05) is 0 Å². The summed E-state index contributed by atoms with van der Waals surface area (Å²) in [4.78, 5) is 39.3. The van der Waals surface area contributed by atoms with Crippen LogP contribution < -0.4 is 5.73 Å². The molecule has 0 amide bonds. The smallest absolute Gasteiger partial charge is 0.372 e. The summed E-state index contributed by atoms with van der Waals surface area (Å²) in [7, 11) is 0. The minimum absolute atomic E-state index is 0.425. The Balaban J connectivity index is 0. The van der Waals surface area contributed by atoms with Gasteiger partial charge >= 0.3 is 17.9 Å². The van der Waals surface area contributed by atoms with Gasteiger partial charge < -0.3 is 21.1 Å². The van der Waals surface area contributed by atoms with Gasteiger partial charge in [-0.25, -0.2) is 4.79 Å². The van der Waals surface area contributed by atoms with Crippen molar-refractivity contribution in [2.24, 2.45) is 5.73 Å². The van der Waals surface area contributed by atoms with Crippen molar-refractivity contribution in [3.63, 3.8) is 0 Å². The summed E-state index contributed by atoms with van der Waals surface area (Å²) in [5, 5.41) is 23.8. The van der Waals surface area contributed by atoms with Gasteiger partial charge in [-0.1, -0.05) is 0 Å². The number of aliphatic carboxylic acids is 3. The SMILES string of the molecule is CC(N)C(=O)O.O=C(O)CCC(=O)C(=O)O. The number of hydrogen-bond donors (Lipinski definition) is 4. The lowest BCUT2D eigenvalue weighted by Crippen LogP contribution is -2.25. The molecule has 8 nitrogen and oxygen atoms in total. The quantitative estimate of drug-likeness (QED) is 0.438. The standard InChI is InChI=1S/C5H6O5.C3H7NO2/c6-3(5(9)10)1-2-4(7)8;1-2(4)3(5)6/h1-2H2,(H,7,8)(H,9,10);2H,4H2,1H3,(H,5,6). The third kappa shape index (κ3) is 12.0. The van der Waals surface area contributed by atoms with Crippen molar-refractivity contribution < 1.29 is 34.5 Å². The van der Waals surface area contributed by atoms with E-state index in [9.17, 15) is 19.2 Å². The molecule has 0 saturated heterocycles. The van der Waals surface area contributed by atoms with Crippen LogP contribution in [0.5, 0.6) is 0 Å². The molecule has 0 saturated carbocycles. The van der Waals surface area contributed by atoms with Crippen LogP contribution in [0.15, 0.2) is 0 Å². The molecule has 0 rings (SSSR count). The number of hydrogen-bond acceptors (Lipinski definition) is 5. The van der Waals surface area contributed by atoms with Crippen LogP contribution in [0, 0.1) is 0 Å². The van der Waals surface area contributed by atoms with Gasteiger partial charge in [0, 0.05) is 6.42 Å². The van der Waals surface area contributed by atoms with Gasteiger partial charge in [-0.2, -0.15) is 0 Å². The second kappa shape index (κ2) is 8.36. The monoisotopic (exact) mass is 235 g/mol. The van der Waals surface area contributed by atoms with E-state index in [2.05, 4.69) is 0 Å². The van der Waals surface area contributed by atoms with Gasteiger partial charge in [0.05, 0.1) is 6.42 Å². The minimum atomic E-state index is -1.58. The average Bonchev–Trinajstić information content (AvgIpc) is 2.14. The Morgan fingerprint density at radius 1 is 1.06 bits per heavy atom. The number of carbonyl (C=O) groups excluding carboxylic acids is 1. The maximum atomic E-state index is 10.2. The molecule has 0 fully saturated rings. The first-order valence-electron chi connectivity index (χ1n) is 4.14. The Morgan fingerprint density at radius 3 is 1.62 bits per heavy atom. The van der Waals surface area contributed by atoms with E-state index < -0.39 is 42.6 Å². The van der Waals surface area contributed by atoms with Crippen molar-refractivity contribution >= 4 is 23.7 Å². The van der Waals surface area contributed by atoms with Crippen LogP contribution in [0.2, 0.25) is 0 Å². The van der Waals surface area contributed by atoms with E-state index in [1.54, 1.807) is 0 Å². The van der Waals surface area contributed by atoms with Gasteiger partial charge in [0.15, 0.2) is 0 Å². The maximum Gasteiger partial charge on any atom is 0.372 e. The Kier molecular flexibility index (Phi) is 8.60. The number of nitrogens with two attached hydrogens (primary N) is 1. The van der Waals surface area contributed by atoms with Crippen LogP contribution in [-0.2, 0) is 19.2 Å². The summed E-state index contributed by atoms with van der Waals surface area (Å²) in [6, 6.07) is -0.731. The fourth-order valence-electron chi connectivity index (χ4n) is 0.327. The van der Waals surface area contributed by atoms with Gasteiger partial charge in [0.1, 0.15) is 6.04 Å². The highest BCUT2D eigenvalue weighted by molar-refractivity contribution is 6.32. The molecule has 16 heavy (non-hydrogen) atoms. The lowest BCUT2D eigenvalue weighted by Gasteiger charge is -1.90. The average molecular weight is 235 g/mol. The fraction of sp³-hybridized carbons (Fsp3) is 0.500. The number of Topliss-reactive ketones (excluding diaryl/α,β-unsaturated/α-hetero) is 1. The summed E-state index contributed by atoms with van der Waals surface area (Å²) in [6.45, 7) is 1.42. The summed E-state index contributed by atoms with van der Waals surface area (Å²) in [6.07, 6.45) is -0.865. The van der Waals surface area contributed by atoms with Crippen LogP contribution in [0.1, 0.15) is 19.8 Å². The molecule has 1 unspecified atom stereocenters. The molecule has 0 heterocycles. The highest BCUT2D eigenvalue weighted by atomic mass is 16.4. The molecular formula is C8H13NO7. The zero-order chi connectivity index (χ0) is 13.3. The molecule has 0 aliphatic carbocycles. The zero-order valence-electron chi connectivity index (χ0n) is 8.54. The Hall–Kier alpha value is -1.96. The molecule has 1 atom stereocenters. The van der Waals surface area contributed by atoms with E-state index in [0.29, 0.717) is 0 Å². The van der Waals surface area contributed by atoms with Crippen LogP contribution in [0.4, 0.5) is 0 Å². The topological polar surface area (TPSA) is 155 Å². The molecule has 0 aromatic heterocycles. The lowest BCUT2D eigenvalue weighted by molar-refractivity contribution is -0.149. The molecule has 0 radical (unpaired) electrons. The first kappa shape index (κ1) is 16.5. The largest absolute Gasteiger partial charge is 0.481 e. The zero-order valence-corrected chi connectivity index (χ0v) is 8.54. The number of carboxylic acid groups (broad SMARTS) is 3. The molecule has 0 spiro atoms. The summed E-state index contributed by atoms with van der Waals surface area (Å²) >= 11 is 0. The van der Waals surface area contributed by atoms with Crippen molar-refractivity contribution in [2.45, 2.75) is 25.8 Å². The summed E-state index contributed by atoms with van der Waals surface area (Å²) in [5.41, 5.74) is 4.84. The highest BCUT2D eigenvalue weighted by Gasteiger charge is 2.12. The Morgan fingerprint density at radius 2 is 1.44 bits per heavy atom. The van der Waals surface area contributed by atoms with Gasteiger partial charge in [-0.3, -0.25) is 14.4 Å². The van der Waals surface area contributed by atoms with Crippen LogP contribution in [0.3, 0.4) is 0 Å². The van der Waals surface area contributed by atoms with Crippen LogP contribution in [0.25, 0.3) is 0 Å². The van der Waals surface area contributed by atoms with E-state index in [1.165, 1.54) is 6.92 Å². The normalized spacial score (nSPS) is 10.6. The van der Waals surface area contributed by atoms with Gasteiger partial charge in [-0.15, -0.1) is 0 Å². The molecule has 0 aliphatic rings. The second-order valence-electron chi connectivity index (χ2n) is 2.75. The third-order valence-corrected chi connectivity index (χ3v) is 1.19. The van der Waals surface area contributed by atoms with Crippen molar-refractivity contribution in [1.82, 2.24) is 0 Å². The molecule has 0 aromatic rings.